The number of esters is 1. The van der Waals surface area contributed by atoms with E-state index in [-0.39, 0.29) is 12.5 Å². The first-order valence-corrected chi connectivity index (χ1v) is 11.2. The molecule has 1 N–H and O–H groups in total. The van der Waals surface area contributed by atoms with Crippen molar-refractivity contribution in [2.45, 2.75) is 32.7 Å². The van der Waals surface area contributed by atoms with Crippen molar-refractivity contribution in [3.05, 3.63) is 94.5 Å². The number of Topliss-reactive ketones (excluding diaryl/α,β-unsaturated/α-hetero) is 1. The number of hydrogen-bond donors (Lipinski definition) is 1. The third-order valence-electron chi connectivity index (χ3n) is 6.19. The van der Waals surface area contributed by atoms with Gasteiger partial charge in [-0.25, -0.2) is 9.59 Å². The van der Waals surface area contributed by atoms with E-state index in [0.717, 1.165) is 33.4 Å². The Bertz CT molecular complexity index is 1180. The Labute approximate surface area is 198 Å². The van der Waals surface area contributed by atoms with Crippen molar-refractivity contribution in [1.82, 2.24) is 5.32 Å². The summed E-state index contributed by atoms with van der Waals surface area (Å²) < 4.78 is 10.7. The Morgan fingerprint density at radius 1 is 0.824 bits per heavy atom. The first-order chi connectivity index (χ1) is 16.4. The molecule has 0 saturated heterocycles. The monoisotopic (exact) mass is 457 g/mol. The molecule has 3 aromatic rings. The second-order valence-electron chi connectivity index (χ2n) is 8.50. The summed E-state index contributed by atoms with van der Waals surface area (Å²) in [5, 5.41) is 2.54. The highest BCUT2D eigenvalue weighted by Crippen LogP contribution is 2.44. The molecule has 0 unspecified atom stereocenters. The van der Waals surface area contributed by atoms with Crippen molar-refractivity contribution < 1.29 is 23.9 Å². The molecule has 6 heteroatoms. The van der Waals surface area contributed by atoms with Crippen molar-refractivity contribution in [2.24, 2.45) is 0 Å². The maximum atomic E-state index is 12.4. The molecule has 0 saturated carbocycles. The minimum atomic E-state index is -0.860. The highest BCUT2D eigenvalue weighted by atomic mass is 16.6. The van der Waals surface area contributed by atoms with E-state index in [1.54, 1.807) is 0 Å². The summed E-state index contributed by atoms with van der Waals surface area (Å²) in [6.07, 6.45) is -0.691. The Morgan fingerprint density at radius 2 is 1.38 bits per heavy atom. The second-order valence-corrected chi connectivity index (χ2v) is 8.50. The molecule has 0 aliphatic heterocycles. The minimum absolute atomic E-state index is 0.0672. The lowest BCUT2D eigenvalue weighted by molar-refractivity contribution is -0.123. The summed E-state index contributed by atoms with van der Waals surface area (Å²) >= 11 is 0. The van der Waals surface area contributed by atoms with Crippen LogP contribution in [0.3, 0.4) is 0 Å². The molecule has 1 amide bonds. The third kappa shape index (κ3) is 4.71. The second kappa shape index (κ2) is 9.91. The van der Waals surface area contributed by atoms with Gasteiger partial charge >= 0.3 is 12.1 Å². The largest absolute Gasteiger partial charge is 0.454 e. The lowest BCUT2D eigenvalue weighted by Gasteiger charge is -2.17. The predicted molar refractivity (Wildman–Crippen MR) is 129 cm³/mol. The van der Waals surface area contributed by atoms with Crippen molar-refractivity contribution >= 4 is 17.8 Å². The van der Waals surface area contributed by atoms with E-state index in [1.807, 2.05) is 68.4 Å². The van der Waals surface area contributed by atoms with Gasteiger partial charge in [0.1, 0.15) is 6.61 Å². The van der Waals surface area contributed by atoms with Gasteiger partial charge < -0.3 is 14.8 Å². The number of ketones is 1. The number of rotatable bonds is 7. The molecule has 1 aliphatic carbocycles. The molecule has 1 atom stereocenters. The summed E-state index contributed by atoms with van der Waals surface area (Å²) in [6.45, 7) is 4.88. The van der Waals surface area contributed by atoms with E-state index in [2.05, 4.69) is 17.4 Å². The van der Waals surface area contributed by atoms with E-state index >= 15 is 0 Å². The van der Waals surface area contributed by atoms with Crippen LogP contribution in [0.5, 0.6) is 0 Å². The van der Waals surface area contributed by atoms with Gasteiger partial charge in [0.05, 0.1) is 11.6 Å². The molecular formula is C28H27NO5. The first kappa shape index (κ1) is 23.2. The number of fused-ring (bicyclic) bond motifs is 3. The number of carbonyl (C=O) groups excluding carboxylic acids is 3. The van der Waals surface area contributed by atoms with Crippen LogP contribution in [0.1, 0.15) is 45.5 Å². The fraction of sp³-hybridized carbons (Fsp3) is 0.250. The van der Waals surface area contributed by atoms with E-state index in [9.17, 15) is 14.4 Å². The van der Waals surface area contributed by atoms with Crippen LogP contribution in [0, 0.1) is 13.8 Å². The third-order valence-corrected chi connectivity index (χ3v) is 6.19. The standard InChI is InChI=1S/C28H27NO5/c1-17-9-8-10-18(2)26(17)27(31)33-16-25(30)19(3)29-28(32)34-15-24-22-13-6-4-11-20(22)21-12-5-7-14-23(21)24/h4-14,19,24H,15-16H2,1-3H3,(H,29,32)/t19-/m0/s1. The zero-order valence-electron chi connectivity index (χ0n) is 19.5. The number of ether oxygens (including phenoxy) is 2. The molecule has 4 rings (SSSR count). The highest BCUT2D eigenvalue weighted by molar-refractivity contribution is 5.95. The molecular weight excluding hydrogens is 430 g/mol. The van der Waals surface area contributed by atoms with Gasteiger partial charge in [-0.2, -0.15) is 0 Å². The van der Waals surface area contributed by atoms with Gasteiger partial charge in [-0.3, -0.25) is 4.79 Å². The van der Waals surface area contributed by atoms with E-state index < -0.39 is 30.5 Å². The number of benzene rings is 3. The average Bonchev–Trinajstić information content (AvgIpc) is 3.14. The van der Waals surface area contributed by atoms with Gasteiger partial charge in [-0.05, 0) is 54.2 Å². The van der Waals surface area contributed by atoms with Crippen LogP contribution >= 0.6 is 0 Å². The van der Waals surface area contributed by atoms with Gasteiger partial charge in [0.15, 0.2) is 12.4 Å². The number of amides is 1. The average molecular weight is 458 g/mol. The number of aryl methyl sites for hydroxylation is 2. The van der Waals surface area contributed by atoms with Crippen LogP contribution < -0.4 is 5.32 Å². The molecule has 3 aromatic carbocycles. The summed E-state index contributed by atoms with van der Waals surface area (Å²) in [7, 11) is 0. The van der Waals surface area contributed by atoms with E-state index in [4.69, 9.17) is 9.47 Å². The van der Waals surface area contributed by atoms with Crippen LogP contribution in [0.2, 0.25) is 0 Å². The normalized spacial score (nSPS) is 12.9. The van der Waals surface area contributed by atoms with Crippen LogP contribution in [0.15, 0.2) is 66.7 Å². The SMILES string of the molecule is Cc1cccc(C)c1C(=O)OCC(=O)[C@H](C)NC(=O)OCC1c2ccccc2-c2ccccc21. The van der Waals surface area contributed by atoms with Crippen LogP contribution in [-0.2, 0) is 14.3 Å². The number of carbonyl (C=O) groups is 3. The quantitative estimate of drug-likeness (QED) is 0.508. The van der Waals surface area contributed by atoms with Crippen LogP contribution in [-0.4, -0.2) is 37.1 Å². The predicted octanol–water partition coefficient (Wildman–Crippen LogP) is 4.96. The van der Waals surface area contributed by atoms with Gasteiger partial charge in [-0.15, -0.1) is 0 Å². The number of alkyl carbamates (subject to hydrolysis) is 1. The molecule has 6 nitrogen and oxygen atoms in total. The van der Waals surface area contributed by atoms with Crippen molar-refractivity contribution in [1.29, 1.82) is 0 Å². The van der Waals surface area contributed by atoms with Gasteiger partial charge in [0, 0.05) is 5.92 Å². The van der Waals surface area contributed by atoms with Gasteiger partial charge in [0.2, 0.25) is 0 Å². The molecule has 0 fully saturated rings. The molecule has 0 spiro atoms. The summed E-state index contributed by atoms with van der Waals surface area (Å²) in [6, 6.07) is 20.8. The maximum absolute atomic E-state index is 12.4. The van der Waals surface area contributed by atoms with Crippen LogP contribution in [0.4, 0.5) is 4.79 Å². The Kier molecular flexibility index (Phi) is 6.77. The Balaban J connectivity index is 1.30. The zero-order valence-corrected chi connectivity index (χ0v) is 19.5. The topological polar surface area (TPSA) is 81.7 Å². The van der Waals surface area contributed by atoms with Gasteiger partial charge in [0.25, 0.3) is 0 Å². The molecule has 0 radical (unpaired) electrons. The summed E-state index contributed by atoms with van der Waals surface area (Å²) in [4.78, 5) is 37.2. The molecule has 0 aromatic heterocycles. The Morgan fingerprint density at radius 3 is 1.97 bits per heavy atom. The lowest BCUT2D eigenvalue weighted by Crippen LogP contribution is -2.41. The minimum Gasteiger partial charge on any atom is -0.454 e. The molecule has 0 heterocycles. The number of hydrogen-bond acceptors (Lipinski definition) is 5. The summed E-state index contributed by atoms with van der Waals surface area (Å²) in [5.74, 6) is -1.05. The first-order valence-electron chi connectivity index (χ1n) is 11.2. The number of nitrogens with one attached hydrogen (secondary N) is 1. The van der Waals surface area contributed by atoms with E-state index in [1.165, 1.54) is 6.92 Å². The van der Waals surface area contributed by atoms with E-state index in [0.29, 0.717) is 5.56 Å². The fourth-order valence-corrected chi connectivity index (χ4v) is 4.37. The molecule has 1 aliphatic rings. The molecule has 0 bridgehead atoms. The molecule has 174 valence electrons. The zero-order chi connectivity index (χ0) is 24.2. The smallest absolute Gasteiger partial charge is 0.407 e. The van der Waals surface area contributed by atoms with Gasteiger partial charge in [-0.1, -0.05) is 66.7 Å². The highest BCUT2D eigenvalue weighted by Gasteiger charge is 2.29. The van der Waals surface area contributed by atoms with Crippen molar-refractivity contribution in [3.63, 3.8) is 0 Å². The lowest BCUT2D eigenvalue weighted by atomic mass is 9.98. The summed E-state index contributed by atoms with van der Waals surface area (Å²) in [5.41, 5.74) is 6.51. The van der Waals surface area contributed by atoms with Crippen molar-refractivity contribution in [3.8, 4) is 11.1 Å². The Hall–Kier alpha value is -3.93. The van der Waals surface area contributed by atoms with Crippen molar-refractivity contribution in [2.75, 3.05) is 13.2 Å². The fourth-order valence-electron chi connectivity index (χ4n) is 4.37. The van der Waals surface area contributed by atoms with Crippen LogP contribution in [0.25, 0.3) is 11.1 Å². The molecule has 34 heavy (non-hydrogen) atoms. The maximum Gasteiger partial charge on any atom is 0.407 e.